The van der Waals surface area contributed by atoms with Crippen LogP contribution in [0.1, 0.15) is 30.1 Å². The van der Waals surface area contributed by atoms with Crippen molar-refractivity contribution < 1.29 is 19.1 Å². The minimum Gasteiger partial charge on any atom is -0.454 e. The standard InChI is InChI=1S/C16H19N3O4/c1-11(8-15(20)18-7-5-17)4-6-19-16(21)12-2-3-13-14(9-12)23-10-22-13/h2-3,9,11H,4,6-8,10H2,1H3,(H,18,20)(H,19,21). The van der Waals surface area contributed by atoms with Crippen LogP contribution in [-0.4, -0.2) is 31.7 Å². The molecule has 7 nitrogen and oxygen atoms in total. The van der Waals surface area contributed by atoms with Crippen LogP contribution in [-0.2, 0) is 4.79 Å². The molecule has 0 spiro atoms. The van der Waals surface area contributed by atoms with E-state index < -0.39 is 0 Å². The molecule has 7 heteroatoms. The second-order valence-corrected chi connectivity index (χ2v) is 5.36. The van der Waals surface area contributed by atoms with E-state index in [9.17, 15) is 9.59 Å². The smallest absolute Gasteiger partial charge is 0.251 e. The normalized spacial score (nSPS) is 13.0. The van der Waals surface area contributed by atoms with E-state index in [1.165, 1.54) is 0 Å². The summed E-state index contributed by atoms with van der Waals surface area (Å²) in [5.41, 5.74) is 0.508. The van der Waals surface area contributed by atoms with Crippen LogP contribution in [0, 0.1) is 17.2 Å². The minimum atomic E-state index is -0.190. The molecule has 1 aromatic carbocycles. The van der Waals surface area contributed by atoms with Crippen molar-refractivity contribution in [1.82, 2.24) is 10.6 Å². The monoisotopic (exact) mass is 317 g/mol. The number of hydrogen-bond donors (Lipinski definition) is 2. The summed E-state index contributed by atoms with van der Waals surface area (Å²) in [5.74, 6) is 0.982. The third-order valence-electron chi connectivity index (χ3n) is 3.46. The first-order valence-electron chi connectivity index (χ1n) is 7.41. The zero-order valence-electron chi connectivity index (χ0n) is 12.9. The van der Waals surface area contributed by atoms with Crippen LogP contribution >= 0.6 is 0 Å². The van der Waals surface area contributed by atoms with Crippen molar-refractivity contribution in [3.63, 3.8) is 0 Å². The summed E-state index contributed by atoms with van der Waals surface area (Å²) in [5, 5.41) is 13.7. The Morgan fingerprint density at radius 1 is 1.30 bits per heavy atom. The Morgan fingerprint density at radius 3 is 2.87 bits per heavy atom. The van der Waals surface area contributed by atoms with Crippen molar-refractivity contribution in [3.05, 3.63) is 23.8 Å². The van der Waals surface area contributed by atoms with Gasteiger partial charge in [-0.3, -0.25) is 9.59 Å². The molecule has 0 aromatic heterocycles. The Labute approximate surface area is 134 Å². The molecule has 1 aliphatic heterocycles. The quantitative estimate of drug-likeness (QED) is 0.736. The topological polar surface area (TPSA) is 100 Å². The van der Waals surface area contributed by atoms with Crippen molar-refractivity contribution in [2.45, 2.75) is 19.8 Å². The van der Waals surface area contributed by atoms with Crippen LogP contribution in [0.15, 0.2) is 18.2 Å². The summed E-state index contributed by atoms with van der Waals surface area (Å²) >= 11 is 0. The van der Waals surface area contributed by atoms with Crippen molar-refractivity contribution in [1.29, 1.82) is 5.26 Å². The third-order valence-corrected chi connectivity index (χ3v) is 3.46. The summed E-state index contributed by atoms with van der Waals surface area (Å²) in [6.07, 6.45) is 1.01. The molecule has 2 N–H and O–H groups in total. The molecule has 23 heavy (non-hydrogen) atoms. The lowest BCUT2D eigenvalue weighted by Crippen LogP contribution is -2.28. The van der Waals surface area contributed by atoms with Gasteiger partial charge in [0.25, 0.3) is 5.91 Å². The van der Waals surface area contributed by atoms with Gasteiger partial charge in [0.1, 0.15) is 6.54 Å². The number of amides is 2. The maximum atomic E-state index is 12.1. The molecule has 0 radical (unpaired) electrons. The van der Waals surface area contributed by atoms with Gasteiger partial charge in [0.05, 0.1) is 6.07 Å². The number of fused-ring (bicyclic) bond motifs is 1. The van der Waals surface area contributed by atoms with Gasteiger partial charge < -0.3 is 20.1 Å². The molecule has 2 amide bonds. The minimum absolute atomic E-state index is 0.0202. The van der Waals surface area contributed by atoms with Gasteiger partial charge in [0.15, 0.2) is 11.5 Å². The van der Waals surface area contributed by atoms with Gasteiger partial charge in [-0.05, 0) is 30.5 Å². The molecule has 122 valence electrons. The summed E-state index contributed by atoms with van der Waals surface area (Å²) in [6, 6.07) is 6.90. The number of ether oxygens (including phenoxy) is 2. The highest BCUT2D eigenvalue weighted by Crippen LogP contribution is 2.32. The van der Waals surface area contributed by atoms with Crippen LogP contribution in [0.5, 0.6) is 11.5 Å². The Hall–Kier alpha value is -2.75. The molecule has 1 unspecified atom stereocenters. The van der Waals surface area contributed by atoms with Gasteiger partial charge in [-0.25, -0.2) is 0 Å². The van der Waals surface area contributed by atoms with Crippen molar-refractivity contribution in [2.24, 2.45) is 5.92 Å². The van der Waals surface area contributed by atoms with Gasteiger partial charge in [-0.1, -0.05) is 6.92 Å². The third kappa shape index (κ3) is 4.88. The van der Waals surface area contributed by atoms with Crippen molar-refractivity contribution >= 4 is 11.8 Å². The Balaban J connectivity index is 1.72. The van der Waals surface area contributed by atoms with E-state index in [1.807, 2.05) is 13.0 Å². The number of nitriles is 1. The fourth-order valence-corrected chi connectivity index (χ4v) is 2.20. The van der Waals surface area contributed by atoms with Crippen molar-refractivity contribution in [2.75, 3.05) is 19.9 Å². The first-order chi connectivity index (χ1) is 11.1. The number of benzene rings is 1. The van der Waals surface area contributed by atoms with Crippen LogP contribution in [0.4, 0.5) is 0 Å². The van der Waals surface area contributed by atoms with E-state index in [0.29, 0.717) is 36.4 Å². The number of hydrogen-bond acceptors (Lipinski definition) is 5. The summed E-state index contributed by atoms with van der Waals surface area (Å²) in [6.45, 7) is 2.59. The summed E-state index contributed by atoms with van der Waals surface area (Å²) < 4.78 is 10.4. The summed E-state index contributed by atoms with van der Waals surface area (Å²) in [4.78, 5) is 23.5. The molecule has 1 aliphatic rings. The molecule has 1 heterocycles. The van der Waals surface area contributed by atoms with Crippen LogP contribution in [0.2, 0.25) is 0 Å². The summed E-state index contributed by atoms with van der Waals surface area (Å²) in [7, 11) is 0. The fourth-order valence-electron chi connectivity index (χ4n) is 2.20. The number of nitrogens with one attached hydrogen (secondary N) is 2. The van der Waals surface area contributed by atoms with E-state index in [0.717, 1.165) is 0 Å². The molecule has 1 atom stereocenters. The number of rotatable bonds is 7. The Bertz CT molecular complexity index is 624. The number of carbonyl (C=O) groups is 2. The fraction of sp³-hybridized carbons (Fsp3) is 0.438. The van der Waals surface area contributed by atoms with Gasteiger partial charge in [-0.2, -0.15) is 5.26 Å². The molecule has 0 saturated heterocycles. The molecule has 0 aliphatic carbocycles. The lowest BCUT2D eigenvalue weighted by Gasteiger charge is -2.11. The Kier molecular flexibility index (Phi) is 5.80. The van der Waals surface area contributed by atoms with Crippen LogP contribution in [0.3, 0.4) is 0 Å². The highest BCUT2D eigenvalue weighted by atomic mass is 16.7. The predicted octanol–water partition coefficient (Wildman–Crippen LogP) is 1.20. The highest BCUT2D eigenvalue weighted by Gasteiger charge is 2.16. The van der Waals surface area contributed by atoms with E-state index >= 15 is 0 Å². The van der Waals surface area contributed by atoms with Gasteiger partial charge >= 0.3 is 0 Å². The molecule has 0 bridgehead atoms. The first kappa shape index (κ1) is 16.6. The largest absolute Gasteiger partial charge is 0.454 e. The average molecular weight is 317 g/mol. The molecule has 0 saturated carbocycles. The lowest BCUT2D eigenvalue weighted by atomic mass is 10.0. The van der Waals surface area contributed by atoms with Crippen molar-refractivity contribution in [3.8, 4) is 17.6 Å². The van der Waals surface area contributed by atoms with E-state index in [-0.39, 0.29) is 31.1 Å². The maximum Gasteiger partial charge on any atom is 0.251 e. The number of nitrogens with zero attached hydrogens (tertiary/aromatic N) is 1. The maximum absolute atomic E-state index is 12.1. The molecule has 0 fully saturated rings. The van der Waals surface area contributed by atoms with Crippen LogP contribution in [0.25, 0.3) is 0 Å². The lowest BCUT2D eigenvalue weighted by molar-refractivity contribution is -0.121. The molecular weight excluding hydrogens is 298 g/mol. The van der Waals surface area contributed by atoms with E-state index in [4.69, 9.17) is 14.7 Å². The first-order valence-corrected chi connectivity index (χ1v) is 7.41. The van der Waals surface area contributed by atoms with Crippen LogP contribution < -0.4 is 20.1 Å². The zero-order chi connectivity index (χ0) is 16.7. The molecule has 2 rings (SSSR count). The van der Waals surface area contributed by atoms with E-state index in [2.05, 4.69) is 10.6 Å². The second-order valence-electron chi connectivity index (χ2n) is 5.36. The van der Waals surface area contributed by atoms with Gasteiger partial charge in [-0.15, -0.1) is 0 Å². The van der Waals surface area contributed by atoms with Gasteiger partial charge in [0, 0.05) is 18.5 Å². The molecular formula is C16H19N3O4. The second kappa shape index (κ2) is 8.03. The van der Waals surface area contributed by atoms with Gasteiger partial charge in [0.2, 0.25) is 12.7 Å². The van der Waals surface area contributed by atoms with E-state index in [1.54, 1.807) is 18.2 Å². The predicted molar refractivity (Wildman–Crippen MR) is 81.9 cm³/mol. The highest BCUT2D eigenvalue weighted by molar-refractivity contribution is 5.94. The number of carbonyl (C=O) groups excluding carboxylic acids is 2. The zero-order valence-corrected chi connectivity index (χ0v) is 12.9. The SMILES string of the molecule is CC(CCNC(=O)c1ccc2c(c1)OCO2)CC(=O)NCC#N. The molecule has 1 aromatic rings. The Morgan fingerprint density at radius 2 is 2.09 bits per heavy atom. The average Bonchev–Trinajstić information content (AvgIpc) is 3.00.